The lowest BCUT2D eigenvalue weighted by molar-refractivity contribution is -0.435. The monoisotopic (exact) mass is 313 g/mol. The van der Waals surface area contributed by atoms with Gasteiger partial charge in [-0.25, -0.2) is 0 Å². The molecule has 3 aromatic rings. The van der Waals surface area contributed by atoms with Crippen molar-refractivity contribution in [2.24, 2.45) is 0 Å². The first-order chi connectivity index (χ1) is 11.7. The Hall–Kier alpha value is -2.87. The average Bonchev–Trinajstić information content (AvgIpc) is 2.62. The van der Waals surface area contributed by atoms with Crippen molar-refractivity contribution in [1.82, 2.24) is 0 Å². The molecule has 0 saturated carbocycles. The lowest BCUT2D eigenvalue weighted by Gasteiger charge is -2.26. The van der Waals surface area contributed by atoms with Crippen molar-refractivity contribution in [3.8, 4) is 11.1 Å². The van der Waals surface area contributed by atoms with E-state index in [0.717, 1.165) is 6.67 Å². The lowest BCUT2D eigenvalue weighted by Crippen LogP contribution is -2.32. The Morgan fingerprint density at radius 3 is 2.25 bits per heavy atom. The van der Waals surface area contributed by atoms with E-state index in [9.17, 15) is 0 Å². The number of nitrogens with zero attached hydrogens (tertiary/aromatic N) is 2. The lowest BCUT2D eigenvalue weighted by atomic mass is 9.96. The van der Waals surface area contributed by atoms with Crippen molar-refractivity contribution >= 4 is 17.6 Å². The normalized spacial score (nSPS) is 13.4. The summed E-state index contributed by atoms with van der Waals surface area (Å²) in [5.74, 6) is 0. The van der Waals surface area contributed by atoms with E-state index < -0.39 is 0 Å². The second-order valence-corrected chi connectivity index (χ2v) is 6.39. The first-order valence-corrected chi connectivity index (χ1v) is 8.30. The van der Waals surface area contributed by atoms with E-state index in [4.69, 9.17) is 0 Å². The quantitative estimate of drug-likeness (QED) is 0.614. The van der Waals surface area contributed by atoms with Gasteiger partial charge in [0.15, 0.2) is 6.21 Å². The molecule has 0 aliphatic carbocycles. The van der Waals surface area contributed by atoms with Crippen LogP contribution in [0, 0.1) is 6.92 Å². The van der Waals surface area contributed by atoms with Crippen molar-refractivity contribution in [1.29, 1.82) is 0 Å². The summed E-state index contributed by atoms with van der Waals surface area (Å²) in [4.78, 5) is 2.34. The summed E-state index contributed by atoms with van der Waals surface area (Å²) in [7, 11) is 2.17. The SMILES string of the molecule is Cc1cc2c(c(-c3ccccc3)c1)N(C)C[N+](c1ccccc1)=C2. The largest absolute Gasteiger partial charge is 0.318 e. The van der Waals surface area contributed by atoms with Gasteiger partial charge in [0.05, 0.1) is 11.3 Å². The molecule has 0 radical (unpaired) electrons. The maximum absolute atomic E-state index is 2.34. The Balaban J connectivity index is 1.90. The molecule has 1 heterocycles. The Bertz CT molecular complexity index is 896. The van der Waals surface area contributed by atoms with Gasteiger partial charge in [-0.1, -0.05) is 48.5 Å². The molecule has 0 N–H and O–H groups in total. The topological polar surface area (TPSA) is 6.25 Å². The van der Waals surface area contributed by atoms with E-state index in [1.165, 1.54) is 33.6 Å². The molecule has 0 amide bonds. The zero-order valence-electron chi connectivity index (χ0n) is 14.1. The Kier molecular flexibility index (Phi) is 3.66. The van der Waals surface area contributed by atoms with Crippen LogP contribution in [0.4, 0.5) is 11.4 Å². The zero-order chi connectivity index (χ0) is 16.5. The van der Waals surface area contributed by atoms with Gasteiger partial charge in [-0.05, 0) is 30.2 Å². The highest BCUT2D eigenvalue weighted by Gasteiger charge is 2.25. The second-order valence-electron chi connectivity index (χ2n) is 6.39. The highest BCUT2D eigenvalue weighted by atomic mass is 15.3. The molecule has 0 aromatic heterocycles. The van der Waals surface area contributed by atoms with Crippen LogP contribution in [0.3, 0.4) is 0 Å². The van der Waals surface area contributed by atoms with E-state index in [2.05, 4.69) is 102 Å². The molecule has 0 fully saturated rings. The number of hydrogen-bond acceptors (Lipinski definition) is 1. The van der Waals surface area contributed by atoms with Crippen LogP contribution in [0.1, 0.15) is 11.1 Å². The van der Waals surface area contributed by atoms with Crippen LogP contribution >= 0.6 is 0 Å². The number of rotatable bonds is 2. The molecular formula is C22H21N2+. The summed E-state index contributed by atoms with van der Waals surface area (Å²) in [5, 5.41) is 0. The summed E-state index contributed by atoms with van der Waals surface area (Å²) < 4.78 is 2.30. The fourth-order valence-electron chi connectivity index (χ4n) is 3.45. The van der Waals surface area contributed by atoms with Gasteiger partial charge in [-0.2, -0.15) is 4.58 Å². The van der Waals surface area contributed by atoms with Crippen molar-refractivity contribution < 1.29 is 4.58 Å². The summed E-state index contributed by atoms with van der Waals surface area (Å²) in [6.07, 6.45) is 2.27. The van der Waals surface area contributed by atoms with Gasteiger partial charge in [-0.3, -0.25) is 0 Å². The van der Waals surface area contributed by atoms with Crippen LogP contribution in [0.5, 0.6) is 0 Å². The molecule has 4 rings (SSSR count). The Morgan fingerprint density at radius 2 is 1.54 bits per heavy atom. The van der Waals surface area contributed by atoms with Crippen LogP contribution in [0.25, 0.3) is 11.1 Å². The predicted octanol–water partition coefficient (Wildman–Crippen LogP) is 4.83. The summed E-state index contributed by atoms with van der Waals surface area (Å²) in [6, 6.07) is 25.8. The highest BCUT2D eigenvalue weighted by Crippen LogP contribution is 2.36. The second kappa shape index (κ2) is 5.97. The molecule has 0 saturated heterocycles. The molecule has 1 aliphatic rings. The molecule has 118 valence electrons. The van der Waals surface area contributed by atoms with Crippen molar-refractivity contribution in [3.63, 3.8) is 0 Å². The third-order valence-electron chi connectivity index (χ3n) is 4.50. The molecule has 2 nitrogen and oxygen atoms in total. The van der Waals surface area contributed by atoms with Crippen LogP contribution in [-0.4, -0.2) is 24.5 Å². The van der Waals surface area contributed by atoms with Crippen molar-refractivity contribution in [2.45, 2.75) is 6.92 Å². The maximum atomic E-state index is 2.34. The highest BCUT2D eigenvalue weighted by molar-refractivity contribution is 5.95. The fraction of sp³-hybridized carbons (Fsp3) is 0.136. The third kappa shape index (κ3) is 2.61. The molecule has 0 unspecified atom stereocenters. The van der Waals surface area contributed by atoms with Gasteiger partial charge in [0.1, 0.15) is 0 Å². The molecular weight excluding hydrogens is 292 g/mol. The molecule has 0 spiro atoms. The molecule has 1 aliphatic heterocycles. The number of hydrogen-bond donors (Lipinski definition) is 0. The van der Waals surface area contributed by atoms with Gasteiger partial charge in [0.2, 0.25) is 12.4 Å². The number of benzene rings is 3. The smallest absolute Gasteiger partial charge is 0.224 e. The van der Waals surface area contributed by atoms with E-state index in [0.29, 0.717) is 0 Å². The van der Waals surface area contributed by atoms with Crippen molar-refractivity contribution in [3.05, 3.63) is 83.9 Å². The van der Waals surface area contributed by atoms with Crippen LogP contribution in [-0.2, 0) is 0 Å². The molecule has 3 aromatic carbocycles. The maximum Gasteiger partial charge on any atom is 0.224 e. The molecule has 24 heavy (non-hydrogen) atoms. The zero-order valence-corrected chi connectivity index (χ0v) is 14.1. The van der Waals surface area contributed by atoms with Gasteiger partial charge >= 0.3 is 0 Å². The predicted molar refractivity (Wildman–Crippen MR) is 101 cm³/mol. The standard InChI is InChI=1S/C22H21N2/c1-17-13-19-15-24(20-11-7-4-8-12-20)16-23(2)22(19)21(14-17)18-9-5-3-6-10-18/h3-15H,16H2,1-2H3/q+1. The van der Waals surface area contributed by atoms with Gasteiger partial charge in [0, 0.05) is 24.7 Å². The van der Waals surface area contributed by atoms with Crippen molar-refractivity contribution in [2.75, 3.05) is 18.6 Å². The molecule has 2 heteroatoms. The Morgan fingerprint density at radius 1 is 0.875 bits per heavy atom. The van der Waals surface area contributed by atoms with Gasteiger partial charge < -0.3 is 4.90 Å². The van der Waals surface area contributed by atoms with E-state index in [1.807, 2.05) is 0 Å². The van der Waals surface area contributed by atoms with E-state index in [-0.39, 0.29) is 0 Å². The number of fused-ring (bicyclic) bond motifs is 1. The first-order valence-electron chi connectivity index (χ1n) is 8.30. The van der Waals surface area contributed by atoms with Crippen LogP contribution in [0.15, 0.2) is 72.8 Å². The minimum absolute atomic E-state index is 0.847. The van der Waals surface area contributed by atoms with Crippen LogP contribution in [0.2, 0.25) is 0 Å². The van der Waals surface area contributed by atoms with Crippen LogP contribution < -0.4 is 4.90 Å². The number of aryl methyl sites for hydroxylation is 1. The van der Waals surface area contributed by atoms with Gasteiger partial charge in [-0.15, -0.1) is 0 Å². The number of anilines is 1. The van der Waals surface area contributed by atoms with Gasteiger partial charge in [0.25, 0.3) is 0 Å². The minimum Gasteiger partial charge on any atom is -0.318 e. The Labute approximate surface area is 143 Å². The summed E-state index contributed by atoms with van der Waals surface area (Å²) >= 11 is 0. The van der Waals surface area contributed by atoms with E-state index >= 15 is 0 Å². The first kappa shape index (κ1) is 14.7. The number of para-hydroxylation sites is 1. The minimum atomic E-state index is 0.847. The average molecular weight is 313 g/mol. The summed E-state index contributed by atoms with van der Waals surface area (Å²) in [5.41, 5.74) is 7.65. The van der Waals surface area contributed by atoms with E-state index in [1.54, 1.807) is 0 Å². The molecule has 0 atom stereocenters. The molecule has 0 bridgehead atoms. The third-order valence-corrected chi connectivity index (χ3v) is 4.50. The fourth-order valence-corrected chi connectivity index (χ4v) is 3.45. The summed E-state index contributed by atoms with van der Waals surface area (Å²) in [6.45, 7) is 3.02.